The van der Waals surface area contributed by atoms with Gasteiger partial charge < -0.3 is 14.8 Å². The Morgan fingerprint density at radius 3 is 2.93 bits per heavy atom. The van der Waals surface area contributed by atoms with Gasteiger partial charge in [-0.2, -0.15) is 0 Å². The van der Waals surface area contributed by atoms with E-state index in [1.807, 2.05) is 11.8 Å². The van der Waals surface area contributed by atoms with Crippen molar-refractivity contribution in [2.24, 2.45) is 0 Å². The third kappa shape index (κ3) is 3.65. The van der Waals surface area contributed by atoms with Crippen LogP contribution in [0, 0.1) is 6.92 Å². The lowest BCUT2D eigenvalue weighted by atomic mass is 10.1. The average molecular weight is 363 g/mol. The van der Waals surface area contributed by atoms with Gasteiger partial charge in [-0.1, -0.05) is 18.2 Å². The van der Waals surface area contributed by atoms with Crippen molar-refractivity contribution < 1.29 is 4.79 Å². The van der Waals surface area contributed by atoms with Gasteiger partial charge in [-0.25, -0.2) is 9.97 Å². The zero-order chi connectivity index (χ0) is 18.8. The quantitative estimate of drug-likeness (QED) is 0.708. The van der Waals surface area contributed by atoms with E-state index in [1.54, 1.807) is 6.92 Å². The summed E-state index contributed by atoms with van der Waals surface area (Å²) in [4.78, 5) is 22.7. The van der Waals surface area contributed by atoms with Crippen LogP contribution in [0.3, 0.4) is 0 Å². The molecule has 4 rings (SSSR count). The van der Waals surface area contributed by atoms with E-state index in [1.165, 1.54) is 10.9 Å². The first-order chi connectivity index (χ1) is 13.1. The highest BCUT2D eigenvalue weighted by Crippen LogP contribution is 2.24. The summed E-state index contributed by atoms with van der Waals surface area (Å²) in [6.45, 7) is 6.65. The van der Waals surface area contributed by atoms with Gasteiger partial charge in [0.2, 0.25) is 5.91 Å². The normalized spacial score (nSPS) is 13.6. The lowest BCUT2D eigenvalue weighted by molar-refractivity contribution is -0.129. The molecule has 1 aliphatic heterocycles. The third-order valence-corrected chi connectivity index (χ3v) is 5.17. The number of carbonyl (C=O) groups is 1. The van der Waals surface area contributed by atoms with E-state index in [4.69, 9.17) is 0 Å². The van der Waals surface area contributed by atoms with E-state index in [0.717, 1.165) is 55.4 Å². The van der Waals surface area contributed by atoms with Crippen molar-refractivity contribution in [3.05, 3.63) is 53.6 Å². The van der Waals surface area contributed by atoms with Crippen LogP contribution in [0.25, 0.3) is 10.9 Å². The van der Waals surface area contributed by atoms with Gasteiger partial charge in [-0.3, -0.25) is 4.79 Å². The van der Waals surface area contributed by atoms with Crippen LogP contribution >= 0.6 is 0 Å². The van der Waals surface area contributed by atoms with Gasteiger partial charge in [0, 0.05) is 43.8 Å². The molecule has 0 spiro atoms. The number of para-hydroxylation sites is 1. The molecule has 1 amide bonds. The molecule has 0 saturated heterocycles. The molecule has 6 heteroatoms. The summed E-state index contributed by atoms with van der Waals surface area (Å²) in [6, 6.07) is 10.6. The van der Waals surface area contributed by atoms with Crippen molar-refractivity contribution in [3.63, 3.8) is 0 Å². The fraction of sp³-hybridized carbons (Fsp3) is 0.381. The van der Waals surface area contributed by atoms with E-state index in [0.29, 0.717) is 6.54 Å². The van der Waals surface area contributed by atoms with Gasteiger partial charge in [0.25, 0.3) is 0 Å². The second-order valence-corrected chi connectivity index (χ2v) is 7.08. The Morgan fingerprint density at radius 1 is 1.22 bits per heavy atom. The van der Waals surface area contributed by atoms with Crippen molar-refractivity contribution >= 4 is 22.6 Å². The van der Waals surface area contributed by atoms with E-state index in [9.17, 15) is 4.79 Å². The van der Waals surface area contributed by atoms with E-state index >= 15 is 0 Å². The molecule has 0 unspecified atom stereocenters. The second kappa shape index (κ2) is 7.39. The van der Waals surface area contributed by atoms with Crippen LogP contribution in [-0.2, 0) is 24.3 Å². The van der Waals surface area contributed by atoms with Gasteiger partial charge in [0.1, 0.15) is 11.6 Å². The Balaban J connectivity index is 1.41. The minimum Gasteiger partial charge on any atom is -0.370 e. The highest BCUT2D eigenvalue weighted by molar-refractivity contribution is 5.79. The number of amides is 1. The number of carbonyl (C=O) groups excluding carboxylic acids is 1. The third-order valence-electron chi connectivity index (χ3n) is 5.17. The average Bonchev–Trinajstić information content (AvgIpc) is 3.07. The van der Waals surface area contributed by atoms with Crippen LogP contribution in [0.1, 0.15) is 30.4 Å². The van der Waals surface area contributed by atoms with Crippen LogP contribution in [0.2, 0.25) is 0 Å². The molecular weight excluding hydrogens is 338 g/mol. The summed E-state index contributed by atoms with van der Waals surface area (Å²) in [6.07, 6.45) is 3.97. The maximum absolute atomic E-state index is 11.7. The van der Waals surface area contributed by atoms with Crippen LogP contribution in [0.15, 0.2) is 36.5 Å². The summed E-state index contributed by atoms with van der Waals surface area (Å²) in [5.74, 6) is 1.78. The number of rotatable bonds is 5. The van der Waals surface area contributed by atoms with E-state index < -0.39 is 0 Å². The summed E-state index contributed by atoms with van der Waals surface area (Å²) < 4.78 is 2.29. The smallest absolute Gasteiger partial charge is 0.219 e. The first-order valence-corrected chi connectivity index (χ1v) is 9.51. The number of nitrogens with one attached hydrogen (secondary N) is 1. The highest BCUT2D eigenvalue weighted by Gasteiger charge is 2.22. The Kier molecular flexibility index (Phi) is 4.79. The molecule has 1 aromatic carbocycles. The monoisotopic (exact) mass is 363 g/mol. The summed E-state index contributed by atoms with van der Waals surface area (Å²) in [5, 5.41) is 4.78. The number of fused-ring (bicyclic) bond motifs is 2. The number of nitrogens with zero attached hydrogens (tertiary/aromatic N) is 4. The molecule has 0 aliphatic carbocycles. The maximum atomic E-state index is 11.7. The van der Waals surface area contributed by atoms with Crippen LogP contribution in [-0.4, -0.2) is 38.4 Å². The van der Waals surface area contributed by atoms with Crippen LogP contribution in [0.4, 0.5) is 5.82 Å². The molecule has 140 valence electrons. The molecule has 0 saturated carbocycles. The fourth-order valence-corrected chi connectivity index (χ4v) is 3.76. The molecule has 0 fully saturated rings. The van der Waals surface area contributed by atoms with Crippen molar-refractivity contribution in [2.75, 3.05) is 18.4 Å². The molecule has 1 aliphatic rings. The predicted octanol–water partition coefficient (Wildman–Crippen LogP) is 3.15. The van der Waals surface area contributed by atoms with Gasteiger partial charge in [-0.15, -0.1) is 0 Å². The number of benzene rings is 1. The van der Waals surface area contributed by atoms with Gasteiger partial charge in [-0.05, 0) is 37.3 Å². The molecule has 3 heterocycles. The summed E-state index contributed by atoms with van der Waals surface area (Å²) >= 11 is 0. The first-order valence-electron chi connectivity index (χ1n) is 9.51. The van der Waals surface area contributed by atoms with Crippen LogP contribution in [0.5, 0.6) is 0 Å². The Labute approximate surface area is 159 Å². The van der Waals surface area contributed by atoms with E-state index in [-0.39, 0.29) is 5.91 Å². The first kappa shape index (κ1) is 17.5. The van der Waals surface area contributed by atoms with Crippen LogP contribution < -0.4 is 5.32 Å². The molecule has 2 aromatic heterocycles. The van der Waals surface area contributed by atoms with Gasteiger partial charge in [0.05, 0.1) is 12.2 Å². The van der Waals surface area contributed by atoms with E-state index in [2.05, 4.69) is 56.4 Å². The molecule has 0 bridgehead atoms. The SMILES string of the molecule is CC(=O)N1CCc2c(nc(C)nc2NCCCn2ccc3ccccc32)C1. The molecule has 6 nitrogen and oxygen atoms in total. The largest absolute Gasteiger partial charge is 0.370 e. The lowest BCUT2D eigenvalue weighted by Gasteiger charge is -2.28. The minimum absolute atomic E-state index is 0.102. The Bertz CT molecular complexity index is 978. The topological polar surface area (TPSA) is 63.1 Å². The van der Waals surface area contributed by atoms with Crippen molar-refractivity contribution in [1.82, 2.24) is 19.4 Å². The number of hydrogen-bond donors (Lipinski definition) is 1. The molecule has 3 aromatic rings. The molecular formula is C21H25N5O. The Hall–Kier alpha value is -2.89. The number of anilines is 1. The van der Waals surface area contributed by atoms with Gasteiger partial charge >= 0.3 is 0 Å². The van der Waals surface area contributed by atoms with Gasteiger partial charge in [0.15, 0.2) is 0 Å². The zero-order valence-corrected chi connectivity index (χ0v) is 15.9. The predicted molar refractivity (Wildman–Crippen MR) is 107 cm³/mol. The lowest BCUT2D eigenvalue weighted by Crippen LogP contribution is -2.35. The fourth-order valence-electron chi connectivity index (χ4n) is 3.76. The summed E-state index contributed by atoms with van der Waals surface area (Å²) in [5.41, 5.74) is 3.41. The van der Waals surface area contributed by atoms with Crippen molar-refractivity contribution in [1.29, 1.82) is 0 Å². The second-order valence-electron chi connectivity index (χ2n) is 7.08. The maximum Gasteiger partial charge on any atom is 0.219 e. The zero-order valence-electron chi connectivity index (χ0n) is 15.9. The highest BCUT2D eigenvalue weighted by atomic mass is 16.2. The molecule has 0 atom stereocenters. The number of hydrogen-bond acceptors (Lipinski definition) is 4. The summed E-state index contributed by atoms with van der Waals surface area (Å²) in [7, 11) is 0. The van der Waals surface area contributed by atoms with Crippen molar-refractivity contribution in [3.8, 4) is 0 Å². The molecule has 27 heavy (non-hydrogen) atoms. The molecule has 0 radical (unpaired) electrons. The number of aryl methyl sites for hydroxylation is 2. The standard InChI is InChI=1S/C21H25N5O/c1-15-23-19-14-26(16(2)27)13-9-18(19)21(24-15)22-10-5-11-25-12-8-17-6-3-4-7-20(17)25/h3-4,6-8,12H,5,9-11,13-14H2,1-2H3,(H,22,23,24). The minimum atomic E-state index is 0.102. The molecule has 1 N–H and O–H groups in total. The number of aromatic nitrogens is 3. The Morgan fingerprint density at radius 2 is 2.07 bits per heavy atom. The van der Waals surface area contributed by atoms with Crippen molar-refractivity contribution in [2.45, 2.75) is 39.8 Å².